The quantitative estimate of drug-likeness (QED) is 0.548. The summed E-state index contributed by atoms with van der Waals surface area (Å²) in [6.45, 7) is 8.19. The summed E-state index contributed by atoms with van der Waals surface area (Å²) in [5.74, 6) is -0.675. The van der Waals surface area contributed by atoms with Gasteiger partial charge in [-0.1, -0.05) is 32.1 Å². The van der Waals surface area contributed by atoms with Gasteiger partial charge >= 0.3 is 6.03 Å². The Hall–Kier alpha value is -2.57. The number of sulfonamides is 1. The van der Waals surface area contributed by atoms with E-state index in [1.54, 1.807) is 6.20 Å². The molecule has 34 heavy (non-hydrogen) atoms. The first-order valence-corrected chi connectivity index (χ1v) is 13.5. The van der Waals surface area contributed by atoms with Gasteiger partial charge < -0.3 is 10.6 Å². The predicted octanol–water partition coefficient (Wildman–Crippen LogP) is 2.35. The van der Waals surface area contributed by atoms with Crippen LogP contribution in [0.5, 0.6) is 0 Å². The van der Waals surface area contributed by atoms with Crippen molar-refractivity contribution in [2.45, 2.75) is 69.7 Å². The topological polar surface area (TPSA) is 147 Å². The number of nitrogens with one attached hydrogen (secondary N) is 2. The SMILES string of the molecule is Cc1nc(NC(=O)N2C[C@H](NS(=O)(=O)C3CC3)C[C@H]2C(N)=O)sc1-c1ccnc(C(C)(C)C)c1. The molecular formula is C22H30N6O4S2. The molecule has 2 atom stereocenters. The number of aromatic nitrogens is 2. The average Bonchev–Trinajstić information content (AvgIpc) is 3.43. The Morgan fingerprint density at radius 1 is 1.26 bits per heavy atom. The number of carbonyl (C=O) groups excluding carboxylic acids is 2. The van der Waals surface area contributed by atoms with E-state index in [9.17, 15) is 18.0 Å². The molecule has 0 radical (unpaired) electrons. The summed E-state index contributed by atoms with van der Waals surface area (Å²) in [6.07, 6.45) is 3.17. The molecule has 1 aliphatic carbocycles. The number of hydrogen-bond donors (Lipinski definition) is 3. The summed E-state index contributed by atoms with van der Waals surface area (Å²) in [7, 11) is -3.45. The molecule has 1 saturated carbocycles. The molecule has 0 unspecified atom stereocenters. The summed E-state index contributed by atoms with van der Waals surface area (Å²) < 4.78 is 27.2. The summed E-state index contributed by atoms with van der Waals surface area (Å²) >= 11 is 1.33. The highest BCUT2D eigenvalue weighted by molar-refractivity contribution is 7.90. The minimum atomic E-state index is -3.45. The Balaban J connectivity index is 1.49. The van der Waals surface area contributed by atoms with E-state index in [0.29, 0.717) is 18.0 Å². The van der Waals surface area contributed by atoms with E-state index in [2.05, 4.69) is 40.8 Å². The monoisotopic (exact) mass is 506 g/mol. The van der Waals surface area contributed by atoms with Crippen LogP contribution in [0.2, 0.25) is 0 Å². The molecule has 10 nitrogen and oxygen atoms in total. The van der Waals surface area contributed by atoms with Crippen molar-refractivity contribution in [1.82, 2.24) is 19.6 Å². The fourth-order valence-electron chi connectivity index (χ4n) is 3.99. The number of nitrogens with two attached hydrogens (primary N) is 1. The van der Waals surface area contributed by atoms with Crippen LogP contribution in [-0.4, -0.2) is 59.1 Å². The highest BCUT2D eigenvalue weighted by Crippen LogP contribution is 2.35. The third-order valence-corrected chi connectivity index (χ3v) is 9.12. The van der Waals surface area contributed by atoms with Crippen molar-refractivity contribution in [1.29, 1.82) is 0 Å². The molecule has 3 amide bonds. The van der Waals surface area contributed by atoms with Crippen LogP contribution in [0.1, 0.15) is 51.4 Å². The Morgan fingerprint density at radius 2 is 1.97 bits per heavy atom. The first-order valence-electron chi connectivity index (χ1n) is 11.2. The van der Waals surface area contributed by atoms with E-state index in [-0.39, 0.29) is 23.6 Å². The second-order valence-electron chi connectivity index (χ2n) is 9.91. The van der Waals surface area contributed by atoms with Crippen LogP contribution < -0.4 is 15.8 Å². The van der Waals surface area contributed by atoms with Crippen LogP contribution in [0, 0.1) is 6.92 Å². The average molecular weight is 507 g/mol. The van der Waals surface area contributed by atoms with Gasteiger partial charge in [0, 0.05) is 29.9 Å². The van der Waals surface area contributed by atoms with Crippen molar-refractivity contribution in [3.05, 3.63) is 29.7 Å². The molecule has 0 spiro atoms. The molecule has 1 saturated heterocycles. The number of pyridine rings is 1. The normalized spacial score (nSPS) is 21.0. The maximum Gasteiger partial charge on any atom is 0.324 e. The zero-order valence-corrected chi connectivity index (χ0v) is 21.3. The van der Waals surface area contributed by atoms with E-state index >= 15 is 0 Å². The predicted molar refractivity (Wildman–Crippen MR) is 131 cm³/mol. The van der Waals surface area contributed by atoms with Gasteiger partial charge in [0.25, 0.3) is 0 Å². The number of hydrogen-bond acceptors (Lipinski definition) is 7. The van der Waals surface area contributed by atoms with Crippen LogP contribution in [-0.2, 0) is 20.2 Å². The van der Waals surface area contributed by atoms with Gasteiger partial charge in [0.05, 0.1) is 15.8 Å². The Morgan fingerprint density at radius 3 is 2.59 bits per heavy atom. The second kappa shape index (κ2) is 8.90. The summed E-state index contributed by atoms with van der Waals surface area (Å²) in [5.41, 5.74) is 8.07. The Labute approximate surface area is 203 Å². The number of nitrogens with zero attached hydrogens (tertiary/aromatic N) is 3. The standard InChI is InChI=1S/C22H30N6O4S2/c1-12-18(13-7-8-24-17(9-13)22(2,3)4)33-20(25-12)26-21(30)28-11-14(10-16(28)19(23)29)27-34(31,32)15-5-6-15/h7-9,14-16,27H,5-6,10-11H2,1-4H3,(H2,23,29)(H,25,26,30)/t14-,16+/m1/s1. The van der Waals surface area contributed by atoms with E-state index in [0.717, 1.165) is 21.8 Å². The molecule has 2 aromatic heterocycles. The molecule has 4 rings (SSSR count). The van der Waals surface area contributed by atoms with Crippen molar-refractivity contribution >= 4 is 38.4 Å². The minimum absolute atomic E-state index is 0.0574. The zero-order chi connectivity index (χ0) is 24.8. The lowest BCUT2D eigenvalue weighted by atomic mass is 9.90. The number of primary amides is 1. The largest absolute Gasteiger partial charge is 0.368 e. The van der Waals surface area contributed by atoms with Gasteiger partial charge in [-0.05, 0) is 43.9 Å². The molecule has 1 aliphatic heterocycles. The lowest BCUT2D eigenvalue weighted by Gasteiger charge is -2.21. The third kappa shape index (κ3) is 5.23. The van der Waals surface area contributed by atoms with E-state index in [1.807, 2.05) is 19.1 Å². The first-order chi connectivity index (χ1) is 15.8. The van der Waals surface area contributed by atoms with Crippen LogP contribution in [0.25, 0.3) is 10.4 Å². The van der Waals surface area contributed by atoms with Crippen molar-refractivity contribution in [2.24, 2.45) is 5.73 Å². The number of aryl methyl sites for hydroxylation is 1. The van der Waals surface area contributed by atoms with Gasteiger partial charge in [-0.25, -0.2) is 22.9 Å². The molecule has 12 heteroatoms. The molecule has 2 aromatic rings. The summed E-state index contributed by atoms with van der Waals surface area (Å²) in [4.78, 5) is 36.1. The first kappa shape index (κ1) is 24.6. The zero-order valence-electron chi connectivity index (χ0n) is 19.7. The van der Waals surface area contributed by atoms with Gasteiger partial charge in [-0.2, -0.15) is 0 Å². The van der Waals surface area contributed by atoms with Crippen molar-refractivity contribution in [3.8, 4) is 10.4 Å². The minimum Gasteiger partial charge on any atom is -0.368 e. The number of carbonyl (C=O) groups is 2. The van der Waals surface area contributed by atoms with Gasteiger partial charge in [0.2, 0.25) is 15.9 Å². The molecule has 3 heterocycles. The third-order valence-electron chi connectivity index (χ3n) is 5.99. The lowest BCUT2D eigenvalue weighted by molar-refractivity contribution is -0.121. The molecule has 2 aliphatic rings. The Bertz CT molecular complexity index is 1220. The number of thiazole rings is 1. The fraction of sp³-hybridized carbons (Fsp3) is 0.545. The lowest BCUT2D eigenvalue weighted by Crippen LogP contribution is -2.46. The number of anilines is 1. The van der Waals surface area contributed by atoms with Crippen LogP contribution in [0.3, 0.4) is 0 Å². The maximum absolute atomic E-state index is 13.0. The molecule has 184 valence electrons. The van der Waals surface area contributed by atoms with E-state index in [1.165, 1.54) is 16.2 Å². The van der Waals surface area contributed by atoms with Crippen LogP contribution in [0.15, 0.2) is 18.3 Å². The van der Waals surface area contributed by atoms with Crippen LogP contribution in [0.4, 0.5) is 9.93 Å². The number of urea groups is 1. The van der Waals surface area contributed by atoms with Gasteiger partial charge in [0.15, 0.2) is 5.13 Å². The molecular weight excluding hydrogens is 476 g/mol. The molecule has 4 N–H and O–H groups in total. The van der Waals surface area contributed by atoms with Crippen molar-refractivity contribution in [2.75, 3.05) is 11.9 Å². The molecule has 0 aromatic carbocycles. The number of rotatable bonds is 6. The van der Waals surface area contributed by atoms with Crippen molar-refractivity contribution in [3.63, 3.8) is 0 Å². The number of likely N-dealkylation sites (tertiary alicyclic amines) is 1. The van der Waals surface area contributed by atoms with E-state index in [4.69, 9.17) is 5.73 Å². The van der Waals surface area contributed by atoms with Crippen LogP contribution >= 0.6 is 11.3 Å². The molecule has 0 bridgehead atoms. The highest BCUT2D eigenvalue weighted by atomic mass is 32.2. The van der Waals surface area contributed by atoms with Gasteiger partial charge in [-0.3, -0.25) is 15.1 Å². The molecule has 2 fully saturated rings. The maximum atomic E-state index is 13.0. The van der Waals surface area contributed by atoms with Crippen molar-refractivity contribution < 1.29 is 18.0 Å². The van der Waals surface area contributed by atoms with E-state index < -0.39 is 34.0 Å². The highest BCUT2D eigenvalue weighted by Gasteiger charge is 2.43. The second-order valence-corrected chi connectivity index (χ2v) is 12.9. The summed E-state index contributed by atoms with van der Waals surface area (Å²) in [5, 5.41) is 2.76. The number of amides is 3. The Kier molecular flexibility index (Phi) is 6.42. The summed E-state index contributed by atoms with van der Waals surface area (Å²) in [6, 6.07) is 1.92. The van der Waals surface area contributed by atoms with Gasteiger partial charge in [-0.15, -0.1) is 0 Å². The van der Waals surface area contributed by atoms with Gasteiger partial charge in [0.1, 0.15) is 6.04 Å². The smallest absolute Gasteiger partial charge is 0.324 e. The fourth-order valence-corrected chi connectivity index (χ4v) is 6.52.